The highest BCUT2D eigenvalue weighted by atomic mass is 32.2. The highest BCUT2D eigenvalue weighted by molar-refractivity contribution is 7.89. The second kappa shape index (κ2) is 6.94. The van der Waals surface area contributed by atoms with E-state index in [1.54, 1.807) is 23.5 Å². The van der Waals surface area contributed by atoms with Crippen LogP contribution >= 0.6 is 11.3 Å². The molecular formula is C17H21NO2S2. The zero-order chi connectivity index (χ0) is 15.4. The van der Waals surface area contributed by atoms with E-state index in [4.69, 9.17) is 0 Å². The lowest BCUT2D eigenvalue weighted by molar-refractivity contribution is 0.443. The lowest BCUT2D eigenvalue weighted by Gasteiger charge is -2.22. The fourth-order valence-electron chi connectivity index (χ4n) is 3.02. The highest BCUT2D eigenvalue weighted by Gasteiger charge is 2.18. The van der Waals surface area contributed by atoms with E-state index < -0.39 is 10.0 Å². The molecule has 1 heterocycles. The summed E-state index contributed by atoms with van der Waals surface area (Å²) in [6.45, 7) is 0.352. The van der Waals surface area contributed by atoms with Crippen LogP contribution in [-0.4, -0.2) is 8.42 Å². The van der Waals surface area contributed by atoms with Crippen molar-refractivity contribution >= 4 is 21.4 Å². The maximum Gasteiger partial charge on any atom is 0.240 e. The van der Waals surface area contributed by atoms with Crippen LogP contribution in [0.1, 0.15) is 48.5 Å². The Kier molecular flexibility index (Phi) is 4.96. The predicted molar refractivity (Wildman–Crippen MR) is 90.6 cm³/mol. The van der Waals surface area contributed by atoms with Crippen molar-refractivity contribution in [2.45, 2.75) is 49.5 Å². The van der Waals surface area contributed by atoms with E-state index in [1.807, 2.05) is 29.6 Å². The van der Waals surface area contributed by atoms with Gasteiger partial charge in [0.1, 0.15) is 0 Å². The van der Waals surface area contributed by atoms with E-state index in [0.29, 0.717) is 17.4 Å². The summed E-state index contributed by atoms with van der Waals surface area (Å²) >= 11 is 1.55. The van der Waals surface area contributed by atoms with Crippen LogP contribution in [0.5, 0.6) is 0 Å². The van der Waals surface area contributed by atoms with Gasteiger partial charge in [-0.2, -0.15) is 0 Å². The van der Waals surface area contributed by atoms with Crippen LogP contribution in [0.3, 0.4) is 0 Å². The monoisotopic (exact) mass is 335 g/mol. The molecule has 1 saturated carbocycles. The van der Waals surface area contributed by atoms with Gasteiger partial charge in [0.2, 0.25) is 10.0 Å². The van der Waals surface area contributed by atoms with Crippen molar-refractivity contribution in [1.82, 2.24) is 4.72 Å². The molecule has 118 valence electrons. The van der Waals surface area contributed by atoms with Gasteiger partial charge in [-0.05, 0) is 47.9 Å². The minimum absolute atomic E-state index is 0.351. The Morgan fingerprint density at radius 3 is 2.41 bits per heavy atom. The molecule has 0 atom stereocenters. The van der Waals surface area contributed by atoms with Gasteiger partial charge in [-0.3, -0.25) is 0 Å². The Hall–Kier alpha value is -1.17. The number of nitrogens with one attached hydrogen (secondary N) is 1. The first-order chi connectivity index (χ1) is 10.6. The summed E-state index contributed by atoms with van der Waals surface area (Å²) in [5, 5.41) is 1.95. The normalized spacial score (nSPS) is 16.7. The fourth-order valence-corrected chi connectivity index (χ4v) is 4.76. The summed E-state index contributed by atoms with van der Waals surface area (Å²) in [7, 11) is -3.43. The first kappa shape index (κ1) is 15.7. The molecule has 1 aliphatic rings. The van der Waals surface area contributed by atoms with Gasteiger partial charge in [-0.25, -0.2) is 13.1 Å². The third kappa shape index (κ3) is 3.77. The van der Waals surface area contributed by atoms with Crippen molar-refractivity contribution < 1.29 is 8.42 Å². The summed E-state index contributed by atoms with van der Waals surface area (Å²) < 4.78 is 27.3. The third-order valence-corrected chi connectivity index (χ3v) is 6.58. The third-order valence-electron chi connectivity index (χ3n) is 4.28. The molecule has 0 spiro atoms. The first-order valence-corrected chi connectivity index (χ1v) is 10.1. The molecule has 0 bridgehead atoms. The number of sulfonamides is 1. The molecule has 0 amide bonds. The highest BCUT2D eigenvalue weighted by Crippen LogP contribution is 2.32. The van der Waals surface area contributed by atoms with Gasteiger partial charge in [0.15, 0.2) is 0 Å². The summed E-state index contributed by atoms with van der Waals surface area (Å²) in [5.41, 5.74) is 1.27. The van der Waals surface area contributed by atoms with E-state index in [9.17, 15) is 8.42 Å². The second-order valence-corrected chi connectivity index (χ2v) is 8.61. The molecule has 1 N–H and O–H groups in total. The van der Waals surface area contributed by atoms with Gasteiger partial charge in [-0.15, -0.1) is 11.3 Å². The number of rotatable bonds is 5. The Morgan fingerprint density at radius 1 is 1.05 bits per heavy atom. The topological polar surface area (TPSA) is 46.2 Å². The lowest BCUT2D eigenvalue weighted by Crippen LogP contribution is -2.22. The Balaban J connectivity index is 1.68. The van der Waals surface area contributed by atoms with Gasteiger partial charge < -0.3 is 0 Å². The molecule has 0 radical (unpaired) electrons. The number of thiophene rings is 1. The average Bonchev–Trinajstić information content (AvgIpc) is 3.08. The van der Waals surface area contributed by atoms with E-state index in [2.05, 4.69) is 4.72 Å². The molecule has 0 saturated heterocycles. The van der Waals surface area contributed by atoms with Gasteiger partial charge in [0.05, 0.1) is 4.90 Å². The molecule has 2 aromatic rings. The van der Waals surface area contributed by atoms with E-state index in [1.165, 1.54) is 37.7 Å². The van der Waals surface area contributed by atoms with Crippen LogP contribution in [-0.2, 0) is 16.6 Å². The molecule has 1 aromatic heterocycles. The maximum atomic E-state index is 12.3. The number of hydrogen-bond acceptors (Lipinski definition) is 3. The van der Waals surface area contributed by atoms with Crippen LogP contribution in [0.4, 0.5) is 0 Å². The van der Waals surface area contributed by atoms with E-state index >= 15 is 0 Å². The van der Waals surface area contributed by atoms with Crippen LogP contribution in [0.15, 0.2) is 46.7 Å². The molecule has 1 fully saturated rings. The van der Waals surface area contributed by atoms with E-state index in [-0.39, 0.29) is 0 Å². The molecule has 0 unspecified atom stereocenters. The first-order valence-electron chi connectivity index (χ1n) is 7.77. The molecule has 3 rings (SSSR count). The minimum atomic E-state index is -3.43. The summed E-state index contributed by atoms with van der Waals surface area (Å²) in [5.74, 6) is 0.601. The van der Waals surface area contributed by atoms with Gasteiger partial charge in [-0.1, -0.05) is 37.5 Å². The predicted octanol–water partition coefficient (Wildman–Crippen LogP) is 4.27. The van der Waals surface area contributed by atoms with Gasteiger partial charge >= 0.3 is 0 Å². The molecule has 22 heavy (non-hydrogen) atoms. The lowest BCUT2D eigenvalue weighted by atomic mass is 9.84. The van der Waals surface area contributed by atoms with Crippen molar-refractivity contribution in [3.63, 3.8) is 0 Å². The Morgan fingerprint density at radius 2 is 1.77 bits per heavy atom. The van der Waals surface area contributed by atoms with Crippen molar-refractivity contribution in [3.8, 4) is 0 Å². The van der Waals surface area contributed by atoms with Crippen molar-refractivity contribution in [3.05, 3.63) is 52.2 Å². The largest absolute Gasteiger partial charge is 0.240 e. The zero-order valence-electron chi connectivity index (χ0n) is 12.5. The molecule has 1 aromatic carbocycles. The summed E-state index contributed by atoms with van der Waals surface area (Å²) in [6.07, 6.45) is 6.35. The van der Waals surface area contributed by atoms with Gasteiger partial charge in [0.25, 0.3) is 0 Å². The van der Waals surface area contributed by atoms with Crippen molar-refractivity contribution in [1.29, 1.82) is 0 Å². The van der Waals surface area contributed by atoms with E-state index in [0.717, 1.165) is 4.88 Å². The maximum absolute atomic E-state index is 12.3. The summed E-state index contributed by atoms with van der Waals surface area (Å²) in [6, 6.07) is 11.3. The van der Waals surface area contributed by atoms with Gasteiger partial charge in [0, 0.05) is 11.4 Å². The standard InChI is InChI=1S/C17H21NO2S2/c19-22(20,18-13-16-7-4-12-21-16)17-10-8-15(9-11-17)14-5-2-1-3-6-14/h4,7-12,14,18H,1-3,5-6,13H2. The number of hydrogen-bond donors (Lipinski definition) is 1. The average molecular weight is 335 g/mol. The Bertz CT molecular complexity index is 685. The minimum Gasteiger partial charge on any atom is -0.207 e. The molecule has 0 aliphatic heterocycles. The number of benzene rings is 1. The zero-order valence-corrected chi connectivity index (χ0v) is 14.1. The second-order valence-electron chi connectivity index (χ2n) is 5.81. The summed E-state index contributed by atoms with van der Waals surface area (Å²) in [4.78, 5) is 1.37. The van der Waals surface area contributed by atoms with Crippen LogP contribution in [0.2, 0.25) is 0 Å². The van der Waals surface area contributed by atoms with Crippen molar-refractivity contribution in [2.24, 2.45) is 0 Å². The molecular weight excluding hydrogens is 314 g/mol. The SMILES string of the molecule is O=S(=O)(NCc1cccs1)c1ccc(C2CCCCC2)cc1. The smallest absolute Gasteiger partial charge is 0.207 e. The van der Waals surface area contributed by atoms with Crippen molar-refractivity contribution in [2.75, 3.05) is 0 Å². The molecule has 3 nitrogen and oxygen atoms in total. The fraction of sp³-hybridized carbons (Fsp3) is 0.412. The van der Waals surface area contributed by atoms with Crippen LogP contribution < -0.4 is 4.72 Å². The Labute approximate surface area is 136 Å². The van der Waals surface area contributed by atoms with Crippen LogP contribution in [0, 0.1) is 0 Å². The molecule has 1 aliphatic carbocycles. The molecule has 5 heteroatoms. The van der Waals surface area contributed by atoms with Crippen LogP contribution in [0.25, 0.3) is 0 Å². The quantitative estimate of drug-likeness (QED) is 0.887.